The molecule has 1 nitrogen and oxygen atoms in total. The summed E-state index contributed by atoms with van der Waals surface area (Å²) in [5.41, 5.74) is 0. The Morgan fingerprint density at radius 1 is 1.00 bits per heavy atom. The van der Waals surface area contributed by atoms with Gasteiger partial charge in [-0.05, 0) is 12.8 Å². The summed E-state index contributed by atoms with van der Waals surface area (Å²) in [5, 5.41) is 0. The molecule has 0 aliphatic carbocycles. The molecule has 0 N–H and O–H groups in total. The van der Waals surface area contributed by atoms with Crippen LogP contribution in [0.2, 0.25) is 0 Å². The Bertz CT molecular complexity index is 33.9. The van der Waals surface area contributed by atoms with Crippen LogP contribution in [-0.2, 0) is 4.74 Å². The van der Waals surface area contributed by atoms with E-state index in [1.54, 1.807) is 0 Å². The van der Waals surface area contributed by atoms with Crippen molar-refractivity contribution in [3.8, 4) is 0 Å². The maximum absolute atomic E-state index is 5.22. The zero-order chi connectivity index (χ0) is 6.24. The summed E-state index contributed by atoms with van der Waals surface area (Å²) in [4.78, 5) is 0. The van der Waals surface area contributed by atoms with E-state index in [0.29, 0.717) is 0 Å². The van der Waals surface area contributed by atoms with E-state index in [0.717, 1.165) is 19.6 Å². The fourth-order valence-corrected chi connectivity index (χ4v) is 0.493. The normalized spacial score (nSPS) is 8.67. The highest BCUT2D eigenvalue weighted by molar-refractivity contribution is 4.30. The van der Waals surface area contributed by atoms with Gasteiger partial charge in [0.15, 0.2) is 0 Å². The Balaban J connectivity index is 0. The second-order valence-corrected chi connectivity index (χ2v) is 1.97. The molecule has 0 fully saturated rings. The third-order valence-electron chi connectivity index (χ3n) is 0.991. The van der Waals surface area contributed by atoms with Crippen molar-refractivity contribution in [2.45, 2.75) is 33.1 Å². The summed E-state index contributed by atoms with van der Waals surface area (Å²) in [6.07, 6.45) is 3.59. The molecule has 0 atom stereocenters. The van der Waals surface area contributed by atoms with Crippen molar-refractivity contribution < 1.29 is 9.44 Å². The largest absolute Gasteiger partial charge is 0.381 e. The number of halogens is 1. The number of ether oxygens (including phenoxy) is 1. The zero-order valence-electron chi connectivity index (χ0n) is 6.35. The molecule has 58 valence electrons. The molecule has 0 aromatic rings. The maximum Gasteiger partial charge on any atom is 0.0465 e. The van der Waals surface area contributed by atoms with E-state index in [2.05, 4.69) is 13.8 Å². The van der Waals surface area contributed by atoms with Gasteiger partial charge >= 0.3 is 0 Å². The van der Waals surface area contributed by atoms with Crippen molar-refractivity contribution in [1.82, 2.24) is 0 Å². The van der Waals surface area contributed by atoms with E-state index < -0.39 is 0 Å². The van der Waals surface area contributed by atoms with Gasteiger partial charge in [0.2, 0.25) is 0 Å². The van der Waals surface area contributed by atoms with Crippen LogP contribution >= 0.6 is 0 Å². The van der Waals surface area contributed by atoms with Crippen molar-refractivity contribution in [2.75, 3.05) is 13.2 Å². The summed E-state index contributed by atoms with van der Waals surface area (Å²) in [5.74, 6) is 0. The van der Waals surface area contributed by atoms with Crippen molar-refractivity contribution in [2.24, 2.45) is 0 Å². The molecule has 0 radical (unpaired) electrons. The van der Waals surface area contributed by atoms with Gasteiger partial charge in [0.05, 0.1) is 0 Å². The summed E-state index contributed by atoms with van der Waals surface area (Å²) in [6.45, 7) is 6.19. The van der Waals surface area contributed by atoms with Gasteiger partial charge in [-0.1, -0.05) is 20.3 Å². The molecule has 0 aliphatic heterocycles. The van der Waals surface area contributed by atoms with Crippen LogP contribution in [0.25, 0.3) is 0 Å². The van der Waals surface area contributed by atoms with E-state index in [1.807, 2.05) is 0 Å². The third kappa shape index (κ3) is 11.4. The van der Waals surface area contributed by atoms with E-state index >= 15 is 0 Å². The molecule has 0 unspecified atom stereocenters. The lowest BCUT2D eigenvalue weighted by Gasteiger charge is -1.97. The Labute approximate surface area is 56.8 Å². The molecule has 0 aromatic carbocycles. The predicted molar refractivity (Wildman–Crippen MR) is 38.5 cm³/mol. The maximum atomic E-state index is 5.22. The molecule has 0 aliphatic rings. The van der Waals surface area contributed by atoms with Crippen LogP contribution < -0.4 is 0 Å². The standard InChI is InChI=1S/C7H16O.FH/c1-3-5-7-8-6-4-2;/h3-7H2,1-2H3;1H. The van der Waals surface area contributed by atoms with Gasteiger partial charge in [0.25, 0.3) is 0 Å². The predicted octanol–water partition coefficient (Wildman–Crippen LogP) is 2.37. The van der Waals surface area contributed by atoms with E-state index in [9.17, 15) is 0 Å². The van der Waals surface area contributed by atoms with Crippen LogP contribution in [0.3, 0.4) is 0 Å². The number of rotatable bonds is 5. The lowest BCUT2D eigenvalue weighted by molar-refractivity contribution is 0.132. The molecular weight excluding hydrogens is 119 g/mol. The van der Waals surface area contributed by atoms with Crippen molar-refractivity contribution >= 4 is 0 Å². The number of hydrogen-bond donors (Lipinski definition) is 0. The van der Waals surface area contributed by atoms with Crippen LogP contribution in [0.5, 0.6) is 0 Å². The summed E-state index contributed by atoms with van der Waals surface area (Å²) in [7, 11) is 0. The SMILES string of the molecule is CCCCOCCC.F. The minimum absolute atomic E-state index is 0. The highest BCUT2D eigenvalue weighted by Crippen LogP contribution is 1.87. The average molecular weight is 136 g/mol. The smallest absolute Gasteiger partial charge is 0.0465 e. The molecule has 2 heteroatoms. The van der Waals surface area contributed by atoms with Gasteiger partial charge in [-0.25, -0.2) is 0 Å². The van der Waals surface area contributed by atoms with Gasteiger partial charge in [-0.15, -0.1) is 0 Å². The Kier molecular flexibility index (Phi) is 14.0. The summed E-state index contributed by atoms with van der Waals surface area (Å²) in [6, 6.07) is 0. The first-order valence-corrected chi connectivity index (χ1v) is 3.49. The van der Waals surface area contributed by atoms with E-state index in [-0.39, 0.29) is 4.70 Å². The molecule has 0 aromatic heterocycles. The van der Waals surface area contributed by atoms with Crippen LogP contribution in [0, 0.1) is 0 Å². The van der Waals surface area contributed by atoms with Gasteiger partial charge in [0.1, 0.15) is 0 Å². The molecule has 0 spiro atoms. The van der Waals surface area contributed by atoms with Crippen molar-refractivity contribution in [3.63, 3.8) is 0 Å². The second-order valence-electron chi connectivity index (χ2n) is 1.97. The van der Waals surface area contributed by atoms with Gasteiger partial charge in [0, 0.05) is 13.2 Å². The monoisotopic (exact) mass is 136 g/mol. The number of unbranched alkanes of at least 4 members (excludes halogenated alkanes) is 1. The zero-order valence-corrected chi connectivity index (χ0v) is 6.35. The van der Waals surface area contributed by atoms with Crippen LogP contribution in [-0.4, -0.2) is 13.2 Å². The first-order valence-electron chi connectivity index (χ1n) is 3.49. The van der Waals surface area contributed by atoms with E-state index in [1.165, 1.54) is 12.8 Å². The van der Waals surface area contributed by atoms with Crippen LogP contribution in [0.4, 0.5) is 4.70 Å². The molecule has 9 heavy (non-hydrogen) atoms. The Hall–Kier alpha value is -0.110. The topological polar surface area (TPSA) is 9.23 Å². The summed E-state index contributed by atoms with van der Waals surface area (Å²) < 4.78 is 5.22. The van der Waals surface area contributed by atoms with Crippen molar-refractivity contribution in [1.29, 1.82) is 0 Å². The second kappa shape index (κ2) is 10.8. The molecule has 0 saturated carbocycles. The first kappa shape index (κ1) is 11.7. The van der Waals surface area contributed by atoms with Crippen molar-refractivity contribution in [3.05, 3.63) is 0 Å². The van der Waals surface area contributed by atoms with Gasteiger partial charge in [-0.3, -0.25) is 4.70 Å². The van der Waals surface area contributed by atoms with Crippen LogP contribution in [0.15, 0.2) is 0 Å². The average Bonchev–Trinajstić information content (AvgIpc) is 1.81. The fourth-order valence-electron chi connectivity index (χ4n) is 0.493. The Morgan fingerprint density at radius 2 is 1.67 bits per heavy atom. The Morgan fingerprint density at radius 3 is 2.11 bits per heavy atom. The third-order valence-corrected chi connectivity index (χ3v) is 0.991. The lowest BCUT2D eigenvalue weighted by atomic mass is 10.4. The lowest BCUT2D eigenvalue weighted by Crippen LogP contribution is -1.93. The molecule has 0 saturated heterocycles. The van der Waals surface area contributed by atoms with Gasteiger partial charge < -0.3 is 4.74 Å². The molecular formula is C7H17FO. The highest BCUT2D eigenvalue weighted by Gasteiger charge is 1.81. The fraction of sp³-hybridized carbons (Fsp3) is 1.00. The minimum atomic E-state index is 0. The molecule has 0 bridgehead atoms. The van der Waals surface area contributed by atoms with Crippen LogP contribution in [0.1, 0.15) is 33.1 Å². The molecule has 0 rings (SSSR count). The minimum Gasteiger partial charge on any atom is -0.381 e. The highest BCUT2D eigenvalue weighted by atomic mass is 19.0. The van der Waals surface area contributed by atoms with E-state index in [4.69, 9.17) is 4.74 Å². The molecule has 0 amide bonds. The number of hydrogen-bond acceptors (Lipinski definition) is 1. The summed E-state index contributed by atoms with van der Waals surface area (Å²) >= 11 is 0. The quantitative estimate of drug-likeness (QED) is 0.527. The first-order chi connectivity index (χ1) is 3.91. The van der Waals surface area contributed by atoms with Gasteiger partial charge in [-0.2, -0.15) is 0 Å². The molecule has 0 heterocycles.